The highest BCUT2D eigenvalue weighted by Crippen LogP contribution is 2.29. The van der Waals surface area contributed by atoms with Gasteiger partial charge in [-0.25, -0.2) is 4.90 Å². The fourth-order valence-electron chi connectivity index (χ4n) is 1.95. The van der Waals surface area contributed by atoms with Crippen LogP contribution in [0.1, 0.15) is 34.1 Å². The molecule has 1 heterocycles. The third-order valence-corrected chi connectivity index (χ3v) is 2.58. The van der Waals surface area contributed by atoms with Gasteiger partial charge >= 0.3 is 5.97 Å². The van der Waals surface area contributed by atoms with Crippen LogP contribution >= 0.6 is 0 Å². The minimum Gasteiger partial charge on any atom is -0.480 e. The summed E-state index contributed by atoms with van der Waals surface area (Å²) in [6.45, 7) is 6.91. The van der Waals surface area contributed by atoms with Crippen molar-refractivity contribution in [1.29, 1.82) is 0 Å². The summed E-state index contributed by atoms with van der Waals surface area (Å²) in [5, 5.41) is 28.8. The Hall–Kier alpha value is -0.690. The lowest BCUT2D eigenvalue weighted by Crippen LogP contribution is -2.47. The third-order valence-electron chi connectivity index (χ3n) is 2.58. The van der Waals surface area contributed by atoms with Gasteiger partial charge < -0.3 is 20.1 Å². The largest absolute Gasteiger partial charge is 0.480 e. The molecule has 17 heavy (non-hydrogen) atoms. The lowest BCUT2D eigenvalue weighted by Gasteiger charge is -2.32. The zero-order valence-electron chi connectivity index (χ0n) is 10.7. The number of ether oxygens (including phenoxy) is 1. The van der Waals surface area contributed by atoms with E-state index in [2.05, 4.69) is 0 Å². The van der Waals surface area contributed by atoms with Gasteiger partial charge in [-0.1, -0.05) is 0 Å². The fraction of sp³-hybridized carbons (Fsp3) is 0.909. The maximum atomic E-state index is 11.1. The third kappa shape index (κ3) is 3.92. The van der Waals surface area contributed by atoms with Gasteiger partial charge in [0.25, 0.3) is 0 Å². The van der Waals surface area contributed by atoms with Gasteiger partial charge in [-0.2, -0.15) is 0 Å². The number of carboxylic acid groups (broad SMARTS) is 1. The highest BCUT2D eigenvalue weighted by molar-refractivity contribution is 5.74. The van der Waals surface area contributed by atoms with E-state index in [9.17, 15) is 15.0 Å². The molecular formula is C11H21NO5. The van der Waals surface area contributed by atoms with Gasteiger partial charge in [-0.05, 0) is 27.7 Å². The summed E-state index contributed by atoms with van der Waals surface area (Å²) in [5.41, 5.74) is -1.71. The zero-order valence-corrected chi connectivity index (χ0v) is 10.7. The summed E-state index contributed by atoms with van der Waals surface area (Å²) < 4.78 is 5.30. The predicted molar refractivity (Wildman–Crippen MR) is 60.2 cm³/mol. The van der Waals surface area contributed by atoms with E-state index < -0.39 is 29.6 Å². The quantitative estimate of drug-likeness (QED) is 0.608. The van der Waals surface area contributed by atoms with Gasteiger partial charge in [0.05, 0.1) is 11.2 Å². The number of aliphatic hydroxyl groups excluding tert-OH is 1. The predicted octanol–water partition coefficient (Wildman–Crippen LogP) is -0.0127. The van der Waals surface area contributed by atoms with Crippen LogP contribution in [0, 0.1) is 0 Å². The van der Waals surface area contributed by atoms with Crippen molar-refractivity contribution in [1.82, 2.24) is 4.90 Å². The van der Waals surface area contributed by atoms with E-state index in [1.54, 1.807) is 27.7 Å². The molecule has 0 aromatic carbocycles. The lowest BCUT2D eigenvalue weighted by molar-refractivity contribution is -0.245. The second-order valence-electron chi connectivity index (χ2n) is 5.78. The number of hydrogen-bond donors (Lipinski definition) is 3. The molecule has 1 unspecified atom stereocenters. The summed E-state index contributed by atoms with van der Waals surface area (Å²) in [7, 11) is 0. The molecule has 1 aliphatic rings. The molecule has 1 fully saturated rings. The van der Waals surface area contributed by atoms with Crippen molar-refractivity contribution in [2.45, 2.75) is 57.8 Å². The van der Waals surface area contributed by atoms with E-state index >= 15 is 0 Å². The highest BCUT2D eigenvalue weighted by atomic mass is 16.6. The van der Waals surface area contributed by atoms with Crippen molar-refractivity contribution in [3.63, 3.8) is 0 Å². The Bertz CT molecular complexity index is 297. The Morgan fingerprint density at radius 1 is 1.53 bits per heavy atom. The first kappa shape index (κ1) is 14.4. The van der Waals surface area contributed by atoms with Gasteiger partial charge in [-0.3, -0.25) is 4.79 Å². The molecule has 0 aromatic heterocycles. The molecule has 0 radical (unpaired) electrons. The van der Waals surface area contributed by atoms with E-state index in [0.717, 1.165) is 0 Å². The maximum absolute atomic E-state index is 11.1. The van der Waals surface area contributed by atoms with Crippen LogP contribution in [0.2, 0.25) is 0 Å². The first-order valence-corrected chi connectivity index (χ1v) is 5.59. The van der Waals surface area contributed by atoms with Crippen molar-refractivity contribution >= 4 is 5.97 Å². The van der Waals surface area contributed by atoms with Gasteiger partial charge in [-0.15, -0.1) is 0 Å². The molecule has 0 aromatic rings. The molecular weight excluding hydrogens is 226 g/mol. The molecule has 1 saturated heterocycles. The minimum atomic E-state index is -1.33. The summed E-state index contributed by atoms with van der Waals surface area (Å²) >= 11 is 0. The molecule has 1 aliphatic heterocycles. The number of likely N-dealkylation sites (tertiary alicyclic amines) is 1. The molecule has 6 nitrogen and oxygen atoms in total. The van der Waals surface area contributed by atoms with Crippen molar-refractivity contribution in [3.8, 4) is 0 Å². The fourth-order valence-corrected chi connectivity index (χ4v) is 1.95. The number of β-amino-alcohol motifs (C(OH)–C–C–N with tert-alkyl or cyclic N) is 1. The first-order valence-electron chi connectivity index (χ1n) is 5.59. The molecule has 0 spiro atoms. The Balaban J connectivity index is 2.77. The molecule has 3 atom stereocenters. The normalized spacial score (nSPS) is 32.7. The van der Waals surface area contributed by atoms with Crippen LogP contribution in [0.25, 0.3) is 0 Å². The number of aliphatic carboxylic acids is 1. The van der Waals surface area contributed by atoms with Crippen molar-refractivity contribution < 1.29 is 24.9 Å². The van der Waals surface area contributed by atoms with Gasteiger partial charge in [0, 0.05) is 13.0 Å². The Kier molecular flexibility index (Phi) is 3.83. The first-order chi connectivity index (χ1) is 7.52. The molecule has 6 heteroatoms. The topological polar surface area (TPSA) is 90.2 Å². The molecule has 0 aliphatic carbocycles. The van der Waals surface area contributed by atoms with E-state index in [1.165, 1.54) is 4.90 Å². The number of hydrogen-bond acceptors (Lipinski definition) is 5. The van der Waals surface area contributed by atoms with Crippen molar-refractivity contribution in [2.75, 3.05) is 6.54 Å². The monoisotopic (exact) mass is 247 g/mol. The van der Waals surface area contributed by atoms with Crippen LogP contribution in [-0.2, 0) is 9.53 Å². The van der Waals surface area contributed by atoms with Gasteiger partial charge in [0.1, 0.15) is 6.04 Å². The summed E-state index contributed by atoms with van der Waals surface area (Å²) in [4.78, 5) is 12.3. The Morgan fingerprint density at radius 2 is 2.06 bits per heavy atom. The summed E-state index contributed by atoms with van der Waals surface area (Å²) in [6, 6.07) is -0.928. The number of rotatable bonds is 3. The Labute approximate surface area is 101 Å². The van der Waals surface area contributed by atoms with Gasteiger partial charge in [0.15, 0.2) is 0 Å². The van der Waals surface area contributed by atoms with E-state index in [-0.39, 0.29) is 13.0 Å². The number of carboxylic acids is 1. The standard InChI is InChI=1S/C11H21NO5/c1-10(2,3)17-9(15)12-6-11(4,16)5-7(12)8(13)14/h7,9,15-16H,5-6H2,1-4H3,(H,13,14)/t7-,9?,11-/m0/s1. The average molecular weight is 247 g/mol. The summed E-state index contributed by atoms with van der Waals surface area (Å²) in [5.74, 6) is -1.07. The van der Waals surface area contributed by atoms with E-state index in [0.29, 0.717) is 0 Å². The average Bonchev–Trinajstić information content (AvgIpc) is 2.38. The SMILES string of the molecule is CC(C)(C)OC(O)N1C[C@@](C)(O)C[C@H]1C(=O)O. The molecule has 0 amide bonds. The number of carbonyl (C=O) groups is 1. The van der Waals surface area contributed by atoms with E-state index in [1.807, 2.05) is 0 Å². The number of nitrogens with zero attached hydrogens (tertiary/aromatic N) is 1. The molecule has 1 rings (SSSR count). The van der Waals surface area contributed by atoms with Crippen LogP contribution in [-0.4, -0.2) is 56.4 Å². The summed E-state index contributed by atoms with van der Waals surface area (Å²) in [6.07, 6.45) is -1.25. The Morgan fingerprint density at radius 3 is 2.47 bits per heavy atom. The van der Waals surface area contributed by atoms with Crippen molar-refractivity contribution in [2.24, 2.45) is 0 Å². The second-order valence-corrected chi connectivity index (χ2v) is 5.78. The highest BCUT2D eigenvalue weighted by Gasteiger charge is 2.46. The minimum absolute atomic E-state index is 0.0706. The second kappa shape index (κ2) is 4.53. The van der Waals surface area contributed by atoms with Crippen LogP contribution in [0.15, 0.2) is 0 Å². The molecule has 0 saturated carbocycles. The number of aliphatic hydroxyl groups is 2. The zero-order chi connectivity index (χ0) is 13.4. The van der Waals surface area contributed by atoms with Crippen LogP contribution in [0.4, 0.5) is 0 Å². The smallest absolute Gasteiger partial charge is 0.321 e. The molecule has 100 valence electrons. The lowest BCUT2D eigenvalue weighted by atomic mass is 10.0. The van der Waals surface area contributed by atoms with Crippen LogP contribution in [0.3, 0.4) is 0 Å². The van der Waals surface area contributed by atoms with Crippen LogP contribution in [0.5, 0.6) is 0 Å². The maximum Gasteiger partial charge on any atom is 0.321 e. The van der Waals surface area contributed by atoms with Gasteiger partial charge in [0.2, 0.25) is 6.41 Å². The molecule has 3 N–H and O–H groups in total. The van der Waals surface area contributed by atoms with Crippen LogP contribution < -0.4 is 0 Å². The molecule has 0 bridgehead atoms. The van der Waals surface area contributed by atoms with Crippen molar-refractivity contribution in [3.05, 3.63) is 0 Å². The van der Waals surface area contributed by atoms with E-state index in [4.69, 9.17) is 9.84 Å².